The monoisotopic (exact) mass is 479 g/mol. The lowest BCUT2D eigenvalue weighted by molar-refractivity contribution is -0.115. The first kappa shape index (κ1) is 21.2. The van der Waals surface area contributed by atoms with E-state index >= 15 is 0 Å². The Balaban J connectivity index is 1.48. The number of carbonyl (C=O) groups excluding carboxylic acids is 1. The lowest BCUT2D eigenvalue weighted by Gasteiger charge is -2.26. The minimum atomic E-state index is -0.232. The molecule has 160 valence electrons. The van der Waals surface area contributed by atoms with Crippen LogP contribution in [0, 0.1) is 0 Å². The second-order valence-electron chi connectivity index (χ2n) is 7.51. The molecule has 0 radical (unpaired) electrons. The number of nitrogens with zero attached hydrogens (tertiary/aromatic N) is 1. The zero-order chi connectivity index (χ0) is 22.1. The topological polar surface area (TPSA) is 29.5 Å². The van der Waals surface area contributed by atoms with Crippen LogP contribution in [0.15, 0.2) is 84.9 Å². The number of amides is 1. The highest BCUT2D eigenvalue weighted by molar-refractivity contribution is 8.00. The van der Waals surface area contributed by atoms with Gasteiger partial charge in [0.25, 0.3) is 0 Å². The fraction of sp³-hybridized carbons (Fsp3) is 0.115. The summed E-state index contributed by atoms with van der Waals surface area (Å²) in [5.41, 5.74) is 2.78. The molecule has 4 aromatic rings. The summed E-state index contributed by atoms with van der Waals surface area (Å²) in [4.78, 5) is 14.6. The maximum absolute atomic E-state index is 12.8. The van der Waals surface area contributed by atoms with Crippen molar-refractivity contribution in [1.82, 2.24) is 0 Å². The van der Waals surface area contributed by atoms with Gasteiger partial charge in [0, 0.05) is 21.3 Å². The van der Waals surface area contributed by atoms with Crippen molar-refractivity contribution in [3.8, 4) is 5.75 Å². The molecule has 5 rings (SSSR count). The standard InChI is InChI=1S/C26H19Cl2NO2S/c27-19-8-11-21(12-9-19)29-25(30)16-32-26(29)23-14-20(28)10-13-24(23)31-15-18-6-3-5-17-4-1-2-7-22(17)18/h1-14,26H,15-16H2/t26-/m0/s1. The van der Waals surface area contributed by atoms with Crippen LogP contribution in [0.1, 0.15) is 16.5 Å². The Hall–Kier alpha value is -2.66. The molecule has 6 heteroatoms. The van der Waals surface area contributed by atoms with Crippen LogP contribution in [0.4, 0.5) is 5.69 Å². The van der Waals surface area contributed by atoms with Crippen LogP contribution in [0.25, 0.3) is 10.8 Å². The highest BCUT2D eigenvalue weighted by atomic mass is 35.5. The van der Waals surface area contributed by atoms with Gasteiger partial charge in [0.1, 0.15) is 17.7 Å². The van der Waals surface area contributed by atoms with E-state index in [0.717, 1.165) is 16.8 Å². The van der Waals surface area contributed by atoms with Crippen molar-refractivity contribution in [3.63, 3.8) is 0 Å². The minimum Gasteiger partial charge on any atom is -0.488 e. The summed E-state index contributed by atoms with van der Waals surface area (Å²) >= 11 is 14.0. The van der Waals surface area contributed by atoms with Crippen LogP contribution in [-0.4, -0.2) is 11.7 Å². The number of fused-ring (bicyclic) bond motifs is 1. The van der Waals surface area contributed by atoms with E-state index in [4.69, 9.17) is 27.9 Å². The predicted octanol–water partition coefficient (Wildman–Crippen LogP) is 7.50. The van der Waals surface area contributed by atoms with Gasteiger partial charge in [-0.05, 0) is 58.8 Å². The molecular weight excluding hydrogens is 461 g/mol. The van der Waals surface area contributed by atoms with Crippen molar-refractivity contribution in [2.75, 3.05) is 10.7 Å². The third kappa shape index (κ3) is 4.18. The van der Waals surface area contributed by atoms with E-state index in [2.05, 4.69) is 24.3 Å². The summed E-state index contributed by atoms with van der Waals surface area (Å²) in [7, 11) is 0. The van der Waals surface area contributed by atoms with Crippen molar-refractivity contribution in [1.29, 1.82) is 0 Å². The van der Waals surface area contributed by atoms with Crippen molar-refractivity contribution in [2.24, 2.45) is 0 Å². The third-order valence-corrected chi connectivity index (χ3v) is 7.15. The van der Waals surface area contributed by atoms with Gasteiger partial charge < -0.3 is 4.74 Å². The number of thioether (sulfide) groups is 1. The number of carbonyl (C=O) groups is 1. The Bertz CT molecular complexity index is 1290. The van der Waals surface area contributed by atoms with Gasteiger partial charge >= 0.3 is 0 Å². The van der Waals surface area contributed by atoms with Gasteiger partial charge in [-0.25, -0.2) is 0 Å². The first-order valence-corrected chi connectivity index (χ1v) is 12.0. The number of rotatable bonds is 5. The summed E-state index contributed by atoms with van der Waals surface area (Å²) in [6, 6.07) is 27.4. The molecule has 0 spiro atoms. The van der Waals surface area contributed by atoms with E-state index < -0.39 is 0 Å². The maximum atomic E-state index is 12.8. The summed E-state index contributed by atoms with van der Waals surface area (Å²) in [6.07, 6.45) is 0. The van der Waals surface area contributed by atoms with E-state index in [-0.39, 0.29) is 11.3 Å². The molecule has 0 aromatic heterocycles. The van der Waals surface area contributed by atoms with Crippen molar-refractivity contribution in [3.05, 3.63) is 106 Å². The molecule has 1 atom stereocenters. The first-order valence-electron chi connectivity index (χ1n) is 10.2. The Morgan fingerprint density at radius 2 is 1.66 bits per heavy atom. The molecule has 1 aliphatic heterocycles. The average molecular weight is 480 g/mol. The third-order valence-electron chi connectivity index (χ3n) is 5.47. The van der Waals surface area contributed by atoms with Crippen LogP contribution < -0.4 is 9.64 Å². The lowest BCUT2D eigenvalue weighted by Crippen LogP contribution is -2.28. The summed E-state index contributed by atoms with van der Waals surface area (Å²) in [5, 5.41) is 3.35. The average Bonchev–Trinajstić information content (AvgIpc) is 3.20. The molecule has 1 amide bonds. The molecule has 0 bridgehead atoms. The predicted molar refractivity (Wildman–Crippen MR) is 134 cm³/mol. The molecule has 4 aromatic carbocycles. The van der Waals surface area contributed by atoms with Gasteiger partial charge in [-0.1, -0.05) is 65.7 Å². The lowest BCUT2D eigenvalue weighted by atomic mass is 10.1. The SMILES string of the molecule is O=C1CS[C@@H](c2cc(Cl)ccc2OCc2cccc3ccccc23)N1c1ccc(Cl)cc1. The van der Waals surface area contributed by atoms with Gasteiger partial charge in [0.15, 0.2) is 0 Å². The molecule has 1 aliphatic rings. The van der Waals surface area contributed by atoms with Gasteiger partial charge in [-0.15, -0.1) is 11.8 Å². The maximum Gasteiger partial charge on any atom is 0.238 e. The molecule has 0 aliphatic carbocycles. The van der Waals surface area contributed by atoms with Crippen LogP contribution in [0.2, 0.25) is 10.0 Å². The van der Waals surface area contributed by atoms with Gasteiger partial charge in [-0.2, -0.15) is 0 Å². The van der Waals surface area contributed by atoms with Gasteiger partial charge in [0.2, 0.25) is 5.91 Å². The van der Waals surface area contributed by atoms with Crippen LogP contribution in [0.5, 0.6) is 5.75 Å². The van der Waals surface area contributed by atoms with E-state index in [1.165, 1.54) is 10.8 Å². The second-order valence-corrected chi connectivity index (χ2v) is 9.45. The van der Waals surface area contributed by atoms with Gasteiger partial charge in [-0.3, -0.25) is 9.69 Å². The summed E-state index contributed by atoms with van der Waals surface area (Å²) in [6.45, 7) is 0.419. The molecule has 1 heterocycles. The van der Waals surface area contributed by atoms with Crippen molar-refractivity contribution < 1.29 is 9.53 Å². The minimum absolute atomic E-state index is 0.0438. The number of ether oxygens (including phenoxy) is 1. The molecular formula is C26H19Cl2NO2S. The Morgan fingerprint density at radius 1 is 0.906 bits per heavy atom. The highest BCUT2D eigenvalue weighted by Crippen LogP contribution is 2.46. The van der Waals surface area contributed by atoms with Crippen molar-refractivity contribution in [2.45, 2.75) is 12.0 Å². The largest absolute Gasteiger partial charge is 0.488 e. The molecule has 3 nitrogen and oxygen atoms in total. The Kier molecular flexibility index (Phi) is 6.01. The fourth-order valence-electron chi connectivity index (χ4n) is 3.95. The summed E-state index contributed by atoms with van der Waals surface area (Å²) in [5.74, 6) is 1.15. The Labute approximate surface area is 200 Å². The quantitative estimate of drug-likeness (QED) is 0.296. The van der Waals surface area contributed by atoms with E-state index in [9.17, 15) is 4.79 Å². The van der Waals surface area contributed by atoms with E-state index in [0.29, 0.717) is 28.2 Å². The molecule has 0 N–H and O–H groups in total. The van der Waals surface area contributed by atoms with E-state index in [1.54, 1.807) is 28.8 Å². The number of benzene rings is 4. The summed E-state index contributed by atoms with van der Waals surface area (Å²) < 4.78 is 6.31. The number of hydrogen-bond donors (Lipinski definition) is 0. The first-order chi connectivity index (χ1) is 15.6. The van der Waals surface area contributed by atoms with E-state index in [1.807, 2.05) is 48.5 Å². The van der Waals surface area contributed by atoms with Gasteiger partial charge in [0.05, 0.1) is 5.75 Å². The highest BCUT2D eigenvalue weighted by Gasteiger charge is 2.36. The van der Waals surface area contributed by atoms with Crippen molar-refractivity contribution >= 4 is 57.3 Å². The normalized spacial score (nSPS) is 16.0. The smallest absolute Gasteiger partial charge is 0.238 e. The fourth-order valence-corrected chi connectivity index (χ4v) is 5.45. The molecule has 0 unspecified atom stereocenters. The zero-order valence-corrected chi connectivity index (χ0v) is 19.3. The van der Waals surface area contributed by atoms with Crippen LogP contribution in [-0.2, 0) is 11.4 Å². The zero-order valence-electron chi connectivity index (χ0n) is 17.0. The number of halogens is 2. The molecule has 32 heavy (non-hydrogen) atoms. The number of hydrogen-bond acceptors (Lipinski definition) is 3. The van der Waals surface area contributed by atoms with Crippen LogP contribution >= 0.6 is 35.0 Å². The second kappa shape index (κ2) is 9.07. The molecule has 0 saturated carbocycles. The van der Waals surface area contributed by atoms with Crippen LogP contribution in [0.3, 0.4) is 0 Å². The number of anilines is 1. The molecule has 1 saturated heterocycles. The Morgan fingerprint density at radius 3 is 2.50 bits per heavy atom. The molecule has 1 fully saturated rings.